The molecule has 2 aromatic carbocycles. The topological polar surface area (TPSA) is 90.5 Å². The van der Waals surface area contributed by atoms with Crippen LogP contribution in [0.2, 0.25) is 5.02 Å². The molecule has 3 rings (SSSR count). The molecule has 0 bridgehead atoms. The second-order valence-electron chi connectivity index (χ2n) is 7.04. The maximum absolute atomic E-state index is 12.9. The van der Waals surface area contributed by atoms with E-state index in [9.17, 15) is 18.8 Å². The van der Waals surface area contributed by atoms with Crippen molar-refractivity contribution in [2.45, 2.75) is 12.8 Å². The number of carbonyl (C=O) groups is 3. The zero-order chi connectivity index (χ0) is 21.5. The largest absolute Gasteiger partial charge is 0.348 e. The summed E-state index contributed by atoms with van der Waals surface area (Å²) in [7, 11) is 0. The van der Waals surface area contributed by atoms with Crippen LogP contribution in [-0.2, 0) is 9.59 Å². The zero-order valence-corrected chi connectivity index (χ0v) is 16.9. The van der Waals surface area contributed by atoms with Gasteiger partial charge in [0.25, 0.3) is 0 Å². The molecule has 1 aliphatic rings. The molecule has 2 aromatic rings. The highest BCUT2D eigenvalue weighted by Gasteiger charge is 2.24. The van der Waals surface area contributed by atoms with Gasteiger partial charge in [-0.05, 0) is 67.3 Å². The van der Waals surface area contributed by atoms with Crippen LogP contribution in [0.25, 0.3) is 0 Å². The predicted molar refractivity (Wildman–Crippen MR) is 113 cm³/mol. The number of nitrogens with zero attached hydrogens (tertiary/aromatic N) is 1. The van der Waals surface area contributed by atoms with Crippen molar-refractivity contribution in [3.05, 3.63) is 59.4 Å². The molecule has 1 aliphatic heterocycles. The predicted octanol–water partition coefficient (Wildman–Crippen LogP) is 3.48. The van der Waals surface area contributed by atoms with Crippen LogP contribution in [0, 0.1) is 11.7 Å². The highest BCUT2D eigenvalue weighted by Crippen LogP contribution is 2.18. The number of benzene rings is 2. The maximum Gasteiger partial charge on any atom is 0.321 e. The average Bonchev–Trinajstić information content (AvgIpc) is 2.75. The van der Waals surface area contributed by atoms with E-state index in [0.717, 1.165) is 0 Å². The summed E-state index contributed by atoms with van der Waals surface area (Å²) in [6, 6.07) is 11.8. The van der Waals surface area contributed by atoms with Crippen molar-refractivity contribution in [2.24, 2.45) is 5.92 Å². The third kappa shape index (κ3) is 6.18. The Kier molecular flexibility index (Phi) is 7.24. The molecule has 1 saturated heterocycles. The molecular formula is C21H22ClFN4O3. The number of amides is 4. The molecule has 0 saturated carbocycles. The summed E-state index contributed by atoms with van der Waals surface area (Å²) in [5, 5.41) is 8.42. The molecule has 0 spiro atoms. The molecule has 0 unspecified atom stereocenters. The molecule has 0 atom stereocenters. The fourth-order valence-electron chi connectivity index (χ4n) is 3.11. The Hall–Kier alpha value is -3.13. The lowest BCUT2D eigenvalue weighted by Crippen LogP contribution is -2.44. The van der Waals surface area contributed by atoms with Gasteiger partial charge in [0.2, 0.25) is 0 Å². The Morgan fingerprint density at radius 2 is 1.47 bits per heavy atom. The van der Waals surface area contributed by atoms with Crippen molar-refractivity contribution in [1.82, 2.24) is 10.2 Å². The summed E-state index contributed by atoms with van der Waals surface area (Å²) in [6.07, 6.45) is 1.41. The summed E-state index contributed by atoms with van der Waals surface area (Å²) in [4.78, 5) is 37.9. The minimum Gasteiger partial charge on any atom is -0.348 e. The van der Waals surface area contributed by atoms with Gasteiger partial charge in [0, 0.05) is 36.0 Å². The fraction of sp³-hybridized carbons (Fsp3) is 0.286. The summed E-state index contributed by atoms with van der Waals surface area (Å²) in [6.45, 7) is 1.43. The highest BCUT2D eigenvalue weighted by molar-refractivity contribution is 6.39. The molecule has 158 valence electrons. The number of piperidine rings is 1. The first-order valence-electron chi connectivity index (χ1n) is 9.57. The normalized spacial score (nSPS) is 14.1. The van der Waals surface area contributed by atoms with Crippen LogP contribution in [0.5, 0.6) is 0 Å². The number of anilines is 2. The van der Waals surface area contributed by atoms with E-state index in [4.69, 9.17) is 11.6 Å². The second kappa shape index (κ2) is 10.1. The lowest BCUT2D eigenvalue weighted by molar-refractivity contribution is -0.136. The summed E-state index contributed by atoms with van der Waals surface area (Å²) in [5.74, 6) is -1.64. The molecule has 3 N–H and O–H groups in total. The van der Waals surface area contributed by atoms with Crippen molar-refractivity contribution in [3.63, 3.8) is 0 Å². The van der Waals surface area contributed by atoms with Gasteiger partial charge in [-0.15, -0.1) is 0 Å². The number of halogens is 2. The van der Waals surface area contributed by atoms with E-state index in [-0.39, 0.29) is 17.8 Å². The number of hydrogen-bond acceptors (Lipinski definition) is 3. The second-order valence-corrected chi connectivity index (χ2v) is 7.47. The Labute approximate surface area is 178 Å². The smallest absolute Gasteiger partial charge is 0.321 e. The SMILES string of the molecule is O=C(NCC1CCN(C(=O)Nc2ccc(F)cc2)CC1)C(=O)Nc1ccc(Cl)cc1. The van der Waals surface area contributed by atoms with Crippen LogP contribution in [-0.4, -0.2) is 42.4 Å². The van der Waals surface area contributed by atoms with Crippen LogP contribution < -0.4 is 16.0 Å². The van der Waals surface area contributed by atoms with Crippen molar-refractivity contribution in [1.29, 1.82) is 0 Å². The van der Waals surface area contributed by atoms with Gasteiger partial charge in [-0.2, -0.15) is 0 Å². The van der Waals surface area contributed by atoms with Gasteiger partial charge in [-0.1, -0.05) is 11.6 Å². The Morgan fingerprint density at radius 3 is 2.10 bits per heavy atom. The molecular weight excluding hydrogens is 411 g/mol. The van der Waals surface area contributed by atoms with E-state index in [0.29, 0.717) is 48.9 Å². The Morgan fingerprint density at radius 1 is 0.900 bits per heavy atom. The van der Waals surface area contributed by atoms with Crippen molar-refractivity contribution in [2.75, 3.05) is 30.3 Å². The van der Waals surface area contributed by atoms with Gasteiger partial charge in [0.05, 0.1) is 0 Å². The molecule has 0 aliphatic carbocycles. The molecule has 1 heterocycles. The van der Waals surface area contributed by atoms with E-state index in [1.165, 1.54) is 24.3 Å². The third-order valence-corrected chi connectivity index (χ3v) is 5.11. The number of carbonyl (C=O) groups excluding carboxylic acids is 3. The van der Waals surface area contributed by atoms with Gasteiger partial charge in [0.15, 0.2) is 0 Å². The summed E-state index contributed by atoms with van der Waals surface area (Å²) < 4.78 is 12.9. The molecule has 9 heteroatoms. The van der Waals surface area contributed by atoms with Gasteiger partial charge < -0.3 is 20.9 Å². The average molecular weight is 433 g/mol. The number of urea groups is 1. The van der Waals surface area contributed by atoms with Gasteiger partial charge in [0.1, 0.15) is 5.82 Å². The van der Waals surface area contributed by atoms with Crippen molar-refractivity contribution >= 4 is 40.8 Å². The summed E-state index contributed by atoms with van der Waals surface area (Å²) in [5.41, 5.74) is 1.02. The lowest BCUT2D eigenvalue weighted by atomic mass is 9.97. The molecule has 0 radical (unpaired) electrons. The minimum atomic E-state index is -0.742. The van der Waals surface area contributed by atoms with E-state index >= 15 is 0 Å². The molecule has 0 aromatic heterocycles. The molecule has 1 fully saturated rings. The van der Waals surface area contributed by atoms with Crippen LogP contribution in [0.4, 0.5) is 20.6 Å². The Bertz CT molecular complexity index is 897. The fourth-order valence-corrected chi connectivity index (χ4v) is 3.24. The Balaban J connectivity index is 1.38. The van der Waals surface area contributed by atoms with Crippen LogP contribution in [0.1, 0.15) is 12.8 Å². The standard InChI is InChI=1S/C21H22ClFN4O3/c22-15-1-5-17(6-2-15)25-20(29)19(28)24-13-14-9-11-27(12-10-14)21(30)26-18-7-3-16(23)4-8-18/h1-8,14H,9-13H2,(H,24,28)(H,25,29)(H,26,30). The number of likely N-dealkylation sites (tertiary alicyclic amines) is 1. The maximum atomic E-state index is 12.9. The first-order chi connectivity index (χ1) is 14.4. The molecule has 4 amide bonds. The van der Waals surface area contributed by atoms with Gasteiger partial charge in [-0.3, -0.25) is 9.59 Å². The van der Waals surface area contributed by atoms with Crippen LogP contribution >= 0.6 is 11.6 Å². The quantitative estimate of drug-likeness (QED) is 0.646. The lowest BCUT2D eigenvalue weighted by Gasteiger charge is -2.32. The zero-order valence-electron chi connectivity index (χ0n) is 16.2. The van der Waals surface area contributed by atoms with Gasteiger partial charge >= 0.3 is 17.8 Å². The van der Waals surface area contributed by atoms with E-state index in [1.807, 2.05) is 0 Å². The number of nitrogens with one attached hydrogen (secondary N) is 3. The molecule has 7 nitrogen and oxygen atoms in total. The number of rotatable bonds is 4. The monoisotopic (exact) mass is 432 g/mol. The number of hydrogen-bond donors (Lipinski definition) is 3. The van der Waals surface area contributed by atoms with E-state index in [2.05, 4.69) is 16.0 Å². The highest BCUT2D eigenvalue weighted by atomic mass is 35.5. The molecule has 30 heavy (non-hydrogen) atoms. The van der Waals surface area contributed by atoms with Crippen LogP contribution in [0.15, 0.2) is 48.5 Å². The summed E-state index contributed by atoms with van der Waals surface area (Å²) >= 11 is 5.79. The van der Waals surface area contributed by atoms with E-state index < -0.39 is 11.8 Å². The first kappa shape index (κ1) is 21.6. The minimum absolute atomic E-state index is 0.173. The van der Waals surface area contributed by atoms with Crippen molar-refractivity contribution < 1.29 is 18.8 Å². The first-order valence-corrected chi connectivity index (χ1v) is 9.95. The third-order valence-electron chi connectivity index (χ3n) is 4.86. The van der Waals surface area contributed by atoms with Crippen LogP contribution in [0.3, 0.4) is 0 Å². The van der Waals surface area contributed by atoms with Gasteiger partial charge in [-0.25, -0.2) is 9.18 Å². The van der Waals surface area contributed by atoms with Crippen molar-refractivity contribution in [3.8, 4) is 0 Å². The van der Waals surface area contributed by atoms with E-state index in [1.54, 1.807) is 29.2 Å².